The molecular formula is C18H18Br2N2O2. The molecule has 0 aliphatic rings. The number of rotatable bonds is 7. The van der Waals surface area contributed by atoms with Crippen LogP contribution in [0, 0.1) is 0 Å². The van der Waals surface area contributed by atoms with E-state index in [4.69, 9.17) is 9.47 Å². The van der Waals surface area contributed by atoms with Crippen LogP contribution in [-0.2, 0) is 0 Å². The Morgan fingerprint density at radius 3 is 1.58 bits per heavy atom. The van der Waals surface area contributed by atoms with Gasteiger partial charge in [-0.25, -0.2) is 0 Å². The summed E-state index contributed by atoms with van der Waals surface area (Å²) < 4.78 is 13.1. The largest absolute Gasteiger partial charge is 0.493 e. The molecule has 4 nitrogen and oxygen atoms in total. The zero-order chi connectivity index (χ0) is 17.4. The molecule has 0 aliphatic heterocycles. The van der Waals surface area contributed by atoms with Crippen LogP contribution in [0.15, 0.2) is 55.5 Å². The predicted molar refractivity (Wildman–Crippen MR) is 106 cm³/mol. The Morgan fingerprint density at radius 2 is 1.21 bits per heavy atom. The smallest absolute Gasteiger partial charge is 0.128 e. The van der Waals surface area contributed by atoms with Crippen molar-refractivity contribution >= 4 is 44.3 Å². The third-order valence-corrected chi connectivity index (χ3v) is 3.99. The van der Waals surface area contributed by atoms with Gasteiger partial charge in [-0.3, -0.25) is 0 Å². The van der Waals surface area contributed by atoms with Gasteiger partial charge in [0.2, 0.25) is 0 Å². The summed E-state index contributed by atoms with van der Waals surface area (Å²) in [4.78, 5) is 0. The van der Waals surface area contributed by atoms with Gasteiger partial charge >= 0.3 is 0 Å². The first kappa shape index (κ1) is 18.7. The van der Waals surface area contributed by atoms with Gasteiger partial charge in [0, 0.05) is 20.1 Å². The van der Waals surface area contributed by atoms with Crippen molar-refractivity contribution in [3.05, 3.63) is 56.5 Å². The minimum atomic E-state index is 0.599. The van der Waals surface area contributed by atoms with Crippen molar-refractivity contribution in [2.45, 2.75) is 13.8 Å². The van der Waals surface area contributed by atoms with Crippen LogP contribution >= 0.6 is 31.9 Å². The van der Waals surface area contributed by atoms with E-state index < -0.39 is 0 Å². The molecule has 2 rings (SSSR count). The maximum Gasteiger partial charge on any atom is 0.128 e. The summed E-state index contributed by atoms with van der Waals surface area (Å²) >= 11 is 6.90. The number of ether oxygens (including phenoxy) is 2. The molecule has 2 aromatic rings. The van der Waals surface area contributed by atoms with Crippen molar-refractivity contribution in [3.8, 4) is 11.5 Å². The van der Waals surface area contributed by atoms with Gasteiger partial charge in [-0.1, -0.05) is 31.9 Å². The summed E-state index contributed by atoms with van der Waals surface area (Å²) in [6.07, 6.45) is 3.34. The second-order valence-corrected chi connectivity index (χ2v) is 6.55. The number of halogens is 2. The molecule has 0 heterocycles. The van der Waals surface area contributed by atoms with E-state index >= 15 is 0 Å². The van der Waals surface area contributed by atoms with Crippen LogP contribution < -0.4 is 9.47 Å². The molecule has 2 aromatic carbocycles. The highest BCUT2D eigenvalue weighted by Gasteiger charge is 2.03. The van der Waals surface area contributed by atoms with Crippen molar-refractivity contribution in [3.63, 3.8) is 0 Å². The van der Waals surface area contributed by atoms with E-state index in [0.717, 1.165) is 31.6 Å². The Bertz CT molecular complexity index is 682. The first-order valence-corrected chi connectivity index (χ1v) is 9.13. The normalized spacial score (nSPS) is 11.3. The average Bonchev–Trinajstić information content (AvgIpc) is 2.56. The van der Waals surface area contributed by atoms with Crippen molar-refractivity contribution in [1.82, 2.24) is 0 Å². The van der Waals surface area contributed by atoms with Gasteiger partial charge in [-0.2, -0.15) is 10.2 Å². The zero-order valence-corrected chi connectivity index (χ0v) is 16.7. The van der Waals surface area contributed by atoms with Gasteiger partial charge in [-0.05, 0) is 50.2 Å². The van der Waals surface area contributed by atoms with Crippen molar-refractivity contribution in [2.75, 3.05) is 13.2 Å². The van der Waals surface area contributed by atoms with Crippen LogP contribution in [0.1, 0.15) is 25.0 Å². The monoisotopic (exact) mass is 452 g/mol. The third kappa shape index (κ3) is 5.46. The van der Waals surface area contributed by atoms with E-state index in [0.29, 0.717) is 13.2 Å². The quantitative estimate of drug-likeness (QED) is 0.412. The van der Waals surface area contributed by atoms with Gasteiger partial charge in [0.1, 0.15) is 11.5 Å². The highest BCUT2D eigenvalue weighted by atomic mass is 79.9. The van der Waals surface area contributed by atoms with Gasteiger partial charge < -0.3 is 9.47 Å². The minimum Gasteiger partial charge on any atom is -0.493 e. The maximum atomic E-state index is 5.58. The van der Waals surface area contributed by atoms with Crippen LogP contribution in [0.3, 0.4) is 0 Å². The summed E-state index contributed by atoms with van der Waals surface area (Å²) in [5, 5.41) is 8.25. The average molecular weight is 454 g/mol. The Kier molecular flexibility index (Phi) is 7.46. The fourth-order valence-electron chi connectivity index (χ4n) is 2.01. The lowest BCUT2D eigenvalue weighted by Crippen LogP contribution is -1.96. The zero-order valence-electron chi connectivity index (χ0n) is 13.5. The lowest BCUT2D eigenvalue weighted by Gasteiger charge is -2.07. The lowest BCUT2D eigenvalue weighted by molar-refractivity contribution is 0.339. The predicted octanol–water partition coefficient (Wildman–Crippen LogP) is 5.46. The summed E-state index contributed by atoms with van der Waals surface area (Å²) in [7, 11) is 0. The molecule has 0 N–H and O–H groups in total. The number of benzene rings is 2. The molecule has 0 unspecified atom stereocenters. The van der Waals surface area contributed by atoms with Crippen LogP contribution in [0.5, 0.6) is 11.5 Å². The number of nitrogens with zero attached hydrogens (tertiary/aromatic N) is 2. The topological polar surface area (TPSA) is 43.2 Å². The summed E-state index contributed by atoms with van der Waals surface area (Å²) in [5.41, 5.74) is 1.73. The molecule has 0 aromatic heterocycles. The summed E-state index contributed by atoms with van der Waals surface area (Å²) in [6, 6.07) is 11.5. The maximum absolute atomic E-state index is 5.58. The van der Waals surface area contributed by atoms with Gasteiger partial charge in [0.25, 0.3) is 0 Å². The lowest BCUT2D eigenvalue weighted by atomic mass is 10.2. The molecule has 0 spiro atoms. The van der Waals surface area contributed by atoms with Gasteiger partial charge in [0.05, 0.1) is 25.6 Å². The van der Waals surface area contributed by atoms with Crippen LogP contribution in [0.4, 0.5) is 0 Å². The first-order valence-electron chi connectivity index (χ1n) is 7.55. The molecule has 0 saturated heterocycles. The molecule has 24 heavy (non-hydrogen) atoms. The van der Waals surface area contributed by atoms with E-state index in [1.165, 1.54) is 0 Å². The van der Waals surface area contributed by atoms with Gasteiger partial charge in [-0.15, -0.1) is 0 Å². The Morgan fingerprint density at radius 1 is 0.792 bits per heavy atom. The first-order chi connectivity index (χ1) is 11.6. The molecule has 0 bridgehead atoms. The molecule has 0 atom stereocenters. The van der Waals surface area contributed by atoms with E-state index in [1.54, 1.807) is 12.4 Å². The molecule has 6 heteroatoms. The second kappa shape index (κ2) is 9.59. The summed E-state index contributed by atoms with van der Waals surface area (Å²) in [6.45, 7) is 5.09. The van der Waals surface area contributed by atoms with Crippen molar-refractivity contribution in [2.24, 2.45) is 10.2 Å². The minimum absolute atomic E-state index is 0.599. The fourth-order valence-corrected chi connectivity index (χ4v) is 2.76. The van der Waals surface area contributed by atoms with E-state index in [9.17, 15) is 0 Å². The SMILES string of the molecule is CCOc1ccc(Br)cc1/C=N\N=C\c1cc(Br)ccc1OCC. The molecule has 0 amide bonds. The van der Waals surface area contributed by atoms with Crippen LogP contribution in [-0.4, -0.2) is 25.6 Å². The number of hydrogen-bond donors (Lipinski definition) is 0. The van der Waals surface area contributed by atoms with E-state index in [-0.39, 0.29) is 0 Å². The van der Waals surface area contributed by atoms with Crippen molar-refractivity contribution in [1.29, 1.82) is 0 Å². The molecular weight excluding hydrogens is 436 g/mol. The Balaban J connectivity index is 2.18. The van der Waals surface area contributed by atoms with Crippen molar-refractivity contribution < 1.29 is 9.47 Å². The molecule has 0 fully saturated rings. The van der Waals surface area contributed by atoms with Crippen LogP contribution in [0.2, 0.25) is 0 Å². The number of hydrogen-bond acceptors (Lipinski definition) is 4. The van der Waals surface area contributed by atoms with E-state index in [2.05, 4.69) is 42.1 Å². The fraction of sp³-hybridized carbons (Fsp3) is 0.222. The molecule has 0 aliphatic carbocycles. The highest BCUT2D eigenvalue weighted by Crippen LogP contribution is 2.23. The Hall–Kier alpha value is -1.66. The molecule has 126 valence electrons. The Labute approximate surface area is 158 Å². The second-order valence-electron chi connectivity index (χ2n) is 4.72. The molecule has 0 saturated carbocycles. The van der Waals surface area contributed by atoms with E-state index in [1.807, 2.05) is 50.2 Å². The van der Waals surface area contributed by atoms with Crippen LogP contribution in [0.25, 0.3) is 0 Å². The molecule has 0 radical (unpaired) electrons. The van der Waals surface area contributed by atoms with Gasteiger partial charge in [0.15, 0.2) is 0 Å². The standard InChI is InChI=1S/C18H18Br2N2O2/c1-3-23-17-7-5-15(19)9-13(17)11-21-22-12-14-10-16(20)6-8-18(14)24-4-2/h5-12H,3-4H2,1-2H3/b21-11-,22-12+. The summed E-state index contributed by atoms with van der Waals surface area (Å²) in [5.74, 6) is 1.55. The highest BCUT2D eigenvalue weighted by molar-refractivity contribution is 9.10. The third-order valence-electron chi connectivity index (χ3n) is 3.00.